The molecule has 0 saturated carbocycles. The van der Waals surface area contributed by atoms with Crippen molar-refractivity contribution in [3.05, 3.63) is 0 Å². The van der Waals surface area contributed by atoms with Crippen LogP contribution in [0, 0.1) is 5.92 Å². The van der Waals surface area contributed by atoms with E-state index < -0.39 is 0 Å². The summed E-state index contributed by atoms with van der Waals surface area (Å²) in [7, 11) is 0. The van der Waals surface area contributed by atoms with Crippen molar-refractivity contribution in [3.8, 4) is 0 Å². The molecule has 0 bridgehead atoms. The van der Waals surface area contributed by atoms with Gasteiger partial charge in [0.1, 0.15) is 0 Å². The van der Waals surface area contributed by atoms with Gasteiger partial charge >= 0.3 is 0 Å². The fourth-order valence-electron chi connectivity index (χ4n) is 3.38. The molecule has 2 fully saturated rings. The first kappa shape index (κ1) is 13.8. The summed E-state index contributed by atoms with van der Waals surface area (Å²) < 4.78 is 5.10. The summed E-state index contributed by atoms with van der Waals surface area (Å²) in [4.78, 5) is 11.9. The van der Waals surface area contributed by atoms with E-state index in [1.165, 1.54) is 0 Å². The van der Waals surface area contributed by atoms with E-state index in [0.29, 0.717) is 12.3 Å². The summed E-state index contributed by atoms with van der Waals surface area (Å²) in [6.45, 7) is 10.3. The number of rotatable bonds is 3. The predicted molar refractivity (Wildman–Crippen MR) is 71.4 cm³/mol. The minimum absolute atomic E-state index is 0.0826. The van der Waals surface area contributed by atoms with Crippen LogP contribution in [-0.4, -0.2) is 36.2 Å². The second kappa shape index (κ2) is 4.82. The third-order valence-electron chi connectivity index (χ3n) is 3.74. The first-order chi connectivity index (χ1) is 8.26. The van der Waals surface area contributed by atoms with Gasteiger partial charge in [0.25, 0.3) is 0 Å². The van der Waals surface area contributed by atoms with Crippen LogP contribution >= 0.6 is 0 Å². The number of hydrogen-bond acceptors (Lipinski definition) is 3. The van der Waals surface area contributed by atoms with Crippen LogP contribution in [0.25, 0.3) is 0 Å². The Morgan fingerprint density at radius 1 is 1.22 bits per heavy atom. The Hall–Kier alpha value is -0.610. The van der Waals surface area contributed by atoms with E-state index in [-0.39, 0.29) is 23.0 Å². The van der Waals surface area contributed by atoms with E-state index in [1.807, 2.05) is 0 Å². The molecule has 2 rings (SSSR count). The van der Waals surface area contributed by atoms with Crippen molar-refractivity contribution in [1.29, 1.82) is 0 Å². The van der Waals surface area contributed by atoms with E-state index in [9.17, 15) is 4.79 Å². The lowest BCUT2D eigenvalue weighted by Crippen LogP contribution is -2.62. The Morgan fingerprint density at radius 3 is 2.22 bits per heavy atom. The molecule has 0 aromatic carbocycles. The number of carbonyl (C=O) groups is 1. The Bertz CT molecular complexity index is 306. The molecule has 104 valence electrons. The fraction of sp³-hybridized carbons (Fsp3) is 0.929. The summed E-state index contributed by atoms with van der Waals surface area (Å²) in [5.74, 6) is 0.620. The Balaban J connectivity index is 1.85. The second-order valence-corrected chi connectivity index (χ2v) is 7.17. The molecule has 0 unspecified atom stereocenters. The predicted octanol–water partition coefficient (Wildman–Crippen LogP) is 1.45. The van der Waals surface area contributed by atoms with Crippen LogP contribution in [0.4, 0.5) is 0 Å². The van der Waals surface area contributed by atoms with Crippen LogP contribution in [0.2, 0.25) is 0 Å². The maximum Gasteiger partial charge on any atom is 0.220 e. The SMILES string of the molecule is CC1(C)CC(NC(=O)CC2COC2)CC(C)(C)N1. The van der Waals surface area contributed by atoms with Gasteiger partial charge in [-0.1, -0.05) is 0 Å². The highest BCUT2D eigenvalue weighted by molar-refractivity contribution is 5.76. The second-order valence-electron chi connectivity index (χ2n) is 7.17. The monoisotopic (exact) mass is 254 g/mol. The number of nitrogens with one attached hydrogen (secondary N) is 2. The highest BCUT2D eigenvalue weighted by Crippen LogP contribution is 2.28. The van der Waals surface area contributed by atoms with Crippen molar-refractivity contribution in [3.63, 3.8) is 0 Å². The van der Waals surface area contributed by atoms with E-state index >= 15 is 0 Å². The number of carbonyl (C=O) groups excluding carboxylic acids is 1. The van der Waals surface area contributed by atoms with Crippen molar-refractivity contribution in [1.82, 2.24) is 10.6 Å². The van der Waals surface area contributed by atoms with Crippen LogP contribution in [-0.2, 0) is 9.53 Å². The molecule has 1 amide bonds. The molecule has 0 aromatic rings. The zero-order chi connectivity index (χ0) is 13.4. The van der Waals surface area contributed by atoms with Crippen molar-refractivity contribution >= 4 is 5.91 Å². The van der Waals surface area contributed by atoms with Gasteiger partial charge < -0.3 is 15.4 Å². The van der Waals surface area contributed by atoms with Crippen LogP contribution in [0.3, 0.4) is 0 Å². The quantitative estimate of drug-likeness (QED) is 0.801. The van der Waals surface area contributed by atoms with E-state index in [2.05, 4.69) is 38.3 Å². The maximum absolute atomic E-state index is 11.9. The highest BCUT2D eigenvalue weighted by Gasteiger charge is 2.38. The van der Waals surface area contributed by atoms with Gasteiger partial charge in [0.05, 0.1) is 13.2 Å². The summed E-state index contributed by atoms with van der Waals surface area (Å²) >= 11 is 0. The molecule has 0 aliphatic carbocycles. The number of hydrogen-bond donors (Lipinski definition) is 2. The molecule has 2 saturated heterocycles. The van der Waals surface area contributed by atoms with Gasteiger partial charge in [0, 0.05) is 29.5 Å². The zero-order valence-corrected chi connectivity index (χ0v) is 12.0. The molecule has 0 atom stereocenters. The largest absolute Gasteiger partial charge is 0.381 e. The van der Waals surface area contributed by atoms with Crippen LogP contribution < -0.4 is 10.6 Å². The van der Waals surface area contributed by atoms with Crippen molar-refractivity contribution in [2.75, 3.05) is 13.2 Å². The molecule has 4 nitrogen and oxygen atoms in total. The van der Waals surface area contributed by atoms with Gasteiger partial charge in [-0.05, 0) is 40.5 Å². The van der Waals surface area contributed by atoms with Crippen LogP contribution in [0.1, 0.15) is 47.0 Å². The minimum Gasteiger partial charge on any atom is -0.381 e. The lowest BCUT2D eigenvalue weighted by molar-refractivity contribution is -0.127. The maximum atomic E-state index is 11.9. The fourth-order valence-corrected chi connectivity index (χ4v) is 3.38. The first-order valence-corrected chi connectivity index (χ1v) is 6.92. The topological polar surface area (TPSA) is 50.4 Å². The van der Waals surface area contributed by atoms with Gasteiger partial charge in [-0.25, -0.2) is 0 Å². The zero-order valence-electron chi connectivity index (χ0n) is 12.0. The van der Waals surface area contributed by atoms with Gasteiger partial charge in [-0.15, -0.1) is 0 Å². The smallest absolute Gasteiger partial charge is 0.220 e. The summed E-state index contributed by atoms with van der Waals surface area (Å²) in [5.41, 5.74) is 0.165. The molecule has 0 spiro atoms. The van der Waals surface area contributed by atoms with Crippen molar-refractivity contribution < 1.29 is 9.53 Å². The Morgan fingerprint density at radius 2 is 1.78 bits per heavy atom. The van der Waals surface area contributed by atoms with Gasteiger partial charge in [0.2, 0.25) is 5.91 Å². The number of ether oxygens (including phenoxy) is 1. The highest BCUT2D eigenvalue weighted by atomic mass is 16.5. The molecule has 0 aromatic heterocycles. The van der Waals surface area contributed by atoms with Gasteiger partial charge in [-0.2, -0.15) is 0 Å². The molecular formula is C14H26N2O2. The molecular weight excluding hydrogens is 228 g/mol. The lowest BCUT2D eigenvalue weighted by atomic mass is 9.79. The van der Waals surface area contributed by atoms with Crippen LogP contribution in [0.15, 0.2) is 0 Å². The number of amides is 1. The van der Waals surface area contributed by atoms with E-state index in [1.54, 1.807) is 0 Å². The lowest BCUT2D eigenvalue weighted by Gasteiger charge is -2.46. The average Bonchev–Trinajstić information content (AvgIpc) is 2.05. The summed E-state index contributed by atoms with van der Waals surface area (Å²) in [6.07, 6.45) is 2.59. The third kappa shape index (κ3) is 3.69. The molecule has 18 heavy (non-hydrogen) atoms. The third-order valence-corrected chi connectivity index (χ3v) is 3.74. The summed E-state index contributed by atoms with van der Waals surface area (Å²) in [6, 6.07) is 0.282. The molecule has 0 radical (unpaired) electrons. The van der Waals surface area contributed by atoms with E-state index in [4.69, 9.17) is 4.74 Å². The summed E-state index contributed by atoms with van der Waals surface area (Å²) in [5, 5.41) is 6.82. The molecule has 2 N–H and O–H groups in total. The van der Waals surface area contributed by atoms with Crippen molar-refractivity contribution in [2.24, 2.45) is 5.92 Å². The molecule has 2 heterocycles. The van der Waals surface area contributed by atoms with Crippen molar-refractivity contribution in [2.45, 2.75) is 64.1 Å². The average molecular weight is 254 g/mol. The number of piperidine rings is 1. The van der Waals surface area contributed by atoms with Crippen LogP contribution in [0.5, 0.6) is 0 Å². The van der Waals surface area contributed by atoms with Gasteiger partial charge in [-0.3, -0.25) is 4.79 Å². The van der Waals surface area contributed by atoms with Gasteiger partial charge in [0.15, 0.2) is 0 Å². The van der Waals surface area contributed by atoms with E-state index in [0.717, 1.165) is 26.1 Å². The normalized spacial score (nSPS) is 27.6. The molecule has 2 aliphatic rings. The first-order valence-electron chi connectivity index (χ1n) is 6.92. The Labute approximate surface area is 110 Å². The standard InChI is InChI=1S/C14H26N2O2/c1-13(2)6-11(7-14(3,4)16-13)15-12(17)5-10-8-18-9-10/h10-11,16H,5-9H2,1-4H3,(H,15,17). The Kier molecular flexibility index (Phi) is 3.70. The minimum atomic E-state index is 0.0826. The molecule has 4 heteroatoms. The molecule has 2 aliphatic heterocycles.